The molecule has 0 N–H and O–H groups in total. The maximum atomic E-state index is 4.13. The zero-order chi connectivity index (χ0) is 13.7. The van der Waals surface area contributed by atoms with Crippen LogP contribution in [0.15, 0.2) is 24.5 Å². The van der Waals surface area contributed by atoms with Gasteiger partial charge in [-0.1, -0.05) is 13.8 Å². The summed E-state index contributed by atoms with van der Waals surface area (Å²) in [6.45, 7) is 7.33. The van der Waals surface area contributed by atoms with Crippen LogP contribution in [-0.4, -0.2) is 30.0 Å². The number of rotatable bonds is 5. The number of piperidine rings is 1. The van der Waals surface area contributed by atoms with Gasteiger partial charge in [0.1, 0.15) is 0 Å². The van der Waals surface area contributed by atoms with Crippen molar-refractivity contribution in [2.24, 2.45) is 11.8 Å². The topological polar surface area (TPSA) is 16.1 Å². The van der Waals surface area contributed by atoms with E-state index in [0.29, 0.717) is 5.92 Å². The van der Waals surface area contributed by atoms with Crippen LogP contribution in [0, 0.1) is 11.8 Å². The number of pyridine rings is 1. The van der Waals surface area contributed by atoms with Crippen LogP contribution >= 0.6 is 0 Å². The lowest BCUT2D eigenvalue weighted by Gasteiger charge is -2.34. The lowest BCUT2D eigenvalue weighted by atomic mass is 9.78. The minimum absolute atomic E-state index is 0.706. The Labute approximate surface area is 118 Å². The van der Waals surface area contributed by atoms with Crippen LogP contribution in [0.4, 0.5) is 0 Å². The van der Waals surface area contributed by atoms with E-state index in [0.717, 1.165) is 11.8 Å². The molecule has 1 saturated heterocycles. The summed E-state index contributed by atoms with van der Waals surface area (Å²) in [6, 6.07) is 4.38. The Balaban J connectivity index is 1.91. The van der Waals surface area contributed by atoms with Gasteiger partial charge in [0.05, 0.1) is 0 Å². The first-order chi connectivity index (χ1) is 9.20. The van der Waals surface area contributed by atoms with E-state index >= 15 is 0 Å². The lowest BCUT2D eigenvalue weighted by Crippen LogP contribution is -2.33. The molecule has 2 rings (SSSR count). The zero-order valence-corrected chi connectivity index (χ0v) is 12.7. The second kappa shape index (κ2) is 7.04. The van der Waals surface area contributed by atoms with Gasteiger partial charge in [-0.15, -0.1) is 0 Å². The number of nitrogens with zero attached hydrogens (tertiary/aromatic N) is 2. The third kappa shape index (κ3) is 4.04. The Morgan fingerprint density at radius 3 is 2.47 bits per heavy atom. The molecule has 0 aliphatic carbocycles. The molecule has 0 radical (unpaired) electrons. The average molecular weight is 260 g/mol. The Kier molecular flexibility index (Phi) is 5.38. The van der Waals surface area contributed by atoms with Crippen molar-refractivity contribution >= 4 is 0 Å². The molecule has 1 aromatic heterocycles. The van der Waals surface area contributed by atoms with Crippen molar-refractivity contribution in [2.45, 2.75) is 45.4 Å². The van der Waals surface area contributed by atoms with Crippen molar-refractivity contribution in [1.82, 2.24) is 9.88 Å². The van der Waals surface area contributed by atoms with Crippen LogP contribution in [0.3, 0.4) is 0 Å². The first-order valence-electron chi connectivity index (χ1n) is 7.79. The summed E-state index contributed by atoms with van der Waals surface area (Å²) >= 11 is 0. The fourth-order valence-electron chi connectivity index (χ4n) is 3.41. The van der Waals surface area contributed by atoms with Gasteiger partial charge in [0.15, 0.2) is 0 Å². The molecule has 1 aliphatic heterocycles. The molecule has 2 nitrogen and oxygen atoms in total. The van der Waals surface area contributed by atoms with E-state index in [9.17, 15) is 0 Å². The van der Waals surface area contributed by atoms with Gasteiger partial charge in [-0.3, -0.25) is 4.98 Å². The molecule has 0 aromatic carbocycles. The van der Waals surface area contributed by atoms with E-state index < -0.39 is 0 Å². The van der Waals surface area contributed by atoms with Crippen LogP contribution in [0.5, 0.6) is 0 Å². The minimum atomic E-state index is 0.706. The highest BCUT2D eigenvalue weighted by molar-refractivity contribution is 5.15. The molecule has 2 atom stereocenters. The Bertz CT molecular complexity index is 355. The molecule has 2 heterocycles. The third-order valence-corrected chi connectivity index (χ3v) is 4.89. The quantitative estimate of drug-likeness (QED) is 0.797. The van der Waals surface area contributed by atoms with Crippen molar-refractivity contribution in [3.8, 4) is 0 Å². The molecule has 1 aromatic rings. The number of hydrogen-bond acceptors (Lipinski definition) is 2. The van der Waals surface area contributed by atoms with Gasteiger partial charge in [0.2, 0.25) is 0 Å². The van der Waals surface area contributed by atoms with E-state index in [-0.39, 0.29) is 0 Å². The van der Waals surface area contributed by atoms with Gasteiger partial charge in [0, 0.05) is 12.4 Å². The fourth-order valence-corrected chi connectivity index (χ4v) is 3.41. The molecule has 1 fully saturated rings. The van der Waals surface area contributed by atoms with Crippen molar-refractivity contribution in [3.05, 3.63) is 30.1 Å². The minimum Gasteiger partial charge on any atom is -0.306 e. The van der Waals surface area contributed by atoms with Crippen LogP contribution in [0.25, 0.3) is 0 Å². The fraction of sp³-hybridized carbons (Fsp3) is 0.706. The predicted octanol–water partition coefficient (Wildman–Crippen LogP) is 3.94. The second-order valence-corrected chi connectivity index (χ2v) is 6.24. The number of likely N-dealkylation sites (tertiary alicyclic amines) is 1. The van der Waals surface area contributed by atoms with E-state index in [1.165, 1.54) is 44.3 Å². The van der Waals surface area contributed by atoms with Gasteiger partial charge in [-0.2, -0.15) is 0 Å². The molecule has 0 spiro atoms. The van der Waals surface area contributed by atoms with Crippen molar-refractivity contribution in [3.63, 3.8) is 0 Å². The summed E-state index contributed by atoms with van der Waals surface area (Å²) in [5.41, 5.74) is 1.47. The first kappa shape index (κ1) is 14.5. The summed E-state index contributed by atoms with van der Waals surface area (Å²) < 4.78 is 0. The molecular weight excluding hydrogens is 232 g/mol. The smallest absolute Gasteiger partial charge is 0.0270 e. The molecule has 0 bridgehead atoms. The van der Waals surface area contributed by atoms with Gasteiger partial charge >= 0.3 is 0 Å². The third-order valence-electron chi connectivity index (χ3n) is 4.89. The van der Waals surface area contributed by atoms with Gasteiger partial charge in [-0.25, -0.2) is 0 Å². The summed E-state index contributed by atoms with van der Waals surface area (Å²) in [6.07, 6.45) is 9.18. The van der Waals surface area contributed by atoms with Crippen LogP contribution in [0.1, 0.15) is 51.0 Å². The summed E-state index contributed by atoms with van der Waals surface area (Å²) in [4.78, 5) is 6.60. The molecule has 106 valence electrons. The highest BCUT2D eigenvalue weighted by atomic mass is 15.1. The largest absolute Gasteiger partial charge is 0.306 e. The van der Waals surface area contributed by atoms with E-state index in [1.54, 1.807) is 0 Å². The Morgan fingerprint density at radius 1 is 1.26 bits per heavy atom. The van der Waals surface area contributed by atoms with Crippen LogP contribution in [0.2, 0.25) is 0 Å². The normalized spacial score (nSPS) is 21.2. The Hall–Kier alpha value is -0.890. The summed E-state index contributed by atoms with van der Waals surface area (Å²) in [5.74, 6) is 2.47. The number of aromatic nitrogens is 1. The van der Waals surface area contributed by atoms with Crippen molar-refractivity contribution in [1.29, 1.82) is 0 Å². The Morgan fingerprint density at radius 2 is 1.89 bits per heavy atom. The number of hydrogen-bond donors (Lipinski definition) is 0. The average Bonchev–Trinajstić information content (AvgIpc) is 2.46. The lowest BCUT2D eigenvalue weighted by molar-refractivity contribution is 0.168. The maximum absolute atomic E-state index is 4.13. The molecule has 2 heteroatoms. The molecular formula is C17H28N2. The second-order valence-electron chi connectivity index (χ2n) is 6.24. The highest BCUT2D eigenvalue weighted by Gasteiger charge is 2.24. The van der Waals surface area contributed by atoms with Crippen molar-refractivity contribution in [2.75, 3.05) is 20.1 Å². The monoisotopic (exact) mass is 260 g/mol. The van der Waals surface area contributed by atoms with Crippen LogP contribution in [-0.2, 0) is 0 Å². The highest BCUT2D eigenvalue weighted by Crippen LogP contribution is 2.33. The molecule has 2 unspecified atom stereocenters. The maximum Gasteiger partial charge on any atom is 0.0270 e. The predicted molar refractivity (Wildman–Crippen MR) is 81.3 cm³/mol. The SMILES string of the molecule is CCC(CC(C)C1CCN(C)CC1)c1ccncc1. The molecule has 1 aliphatic rings. The molecule has 0 saturated carbocycles. The van der Waals surface area contributed by atoms with Gasteiger partial charge in [0.25, 0.3) is 0 Å². The zero-order valence-electron chi connectivity index (χ0n) is 12.7. The summed E-state index contributed by atoms with van der Waals surface area (Å²) in [7, 11) is 2.24. The van der Waals surface area contributed by atoms with Crippen LogP contribution < -0.4 is 0 Å². The molecule has 19 heavy (non-hydrogen) atoms. The van der Waals surface area contributed by atoms with E-state index in [1.807, 2.05) is 12.4 Å². The van der Waals surface area contributed by atoms with Gasteiger partial charge in [-0.05, 0) is 81.3 Å². The van der Waals surface area contributed by atoms with E-state index in [4.69, 9.17) is 0 Å². The molecule has 0 amide bonds. The standard InChI is InChI=1S/C17H28N2/c1-4-15(17-5-9-18-10-6-17)13-14(2)16-7-11-19(3)12-8-16/h5-6,9-10,14-16H,4,7-8,11-13H2,1-3H3. The van der Waals surface area contributed by atoms with E-state index in [2.05, 4.69) is 42.9 Å². The van der Waals surface area contributed by atoms with Gasteiger partial charge < -0.3 is 4.90 Å². The summed E-state index contributed by atoms with van der Waals surface area (Å²) in [5, 5.41) is 0. The van der Waals surface area contributed by atoms with Crippen molar-refractivity contribution < 1.29 is 0 Å². The first-order valence-corrected chi connectivity index (χ1v) is 7.79.